The third-order valence-corrected chi connectivity index (χ3v) is 30.3. The van der Waals surface area contributed by atoms with E-state index in [1.165, 1.54) is 92.6 Å². The number of hydrogen-bond donors (Lipinski definition) is 4. The largest absolute Gasteiger partial charge is 0.412 e. The SMILES string of the molecule is CC(C)C[C@H]1C(=O)N[C@@H](C(C)C)C(=O)N(C)[C@@H](CC(C)C)C(=O)N[C@@H](C)C(=O)N[C@H](C)C(=O)N(C)[C@@H](CC(C)C)C(=O)N(C)[C@@H](CC(C)C)C(=O)N(C)[C@@H](C(C)C)C(=O)N(C)[C@@H]([C@H](O[Si](C)(C)C(C)(C)C)[C@H](C)CCOS(C)(=O)=O)C(=O)N[C@@H](C(C)O[Si](C)(C)C(C)(C)C)C(=O)N(C)CC(=O)N1C. The molecule has 1 fully saturated rings. The van der Waals surface area contributed by atoms with Crippen LogP contribution >= 0.6 is 0 Å². The molecule has 30 heteroatoms. The van der Waals surface area contributed by atoms with E-state index < -0.39 is 199 Å². The van der Waals surface area contributed by atoms with Gasteiger partial charge >= 0.3 is 0 Å². The van der Waals surface area contributed by atoms with E-state index in [1.54, 1.807) is 41.5 Å². The summed E-state index contributed by atoms with van der Waals surface area (Å²) in [6, 6.07) is -13.2. The normalized spacial score (nSPS) is 25.4. The van der Waals surface area contributed by atoms with Gasteiger partial charge in [-0.05, 0) is 131 Å². The molecule has 1 saturated heterocycles. The Labute approximate surface area is 621 Å². The number of amides is 11. The van der Waals surface area contributed by atoms with Crippen LogP contribution in [0, 0.1) is 41.4 Å². The zero-order valence-electron chi connectivity index (χ0n) is 69.5. The fourth-order valence-corrected chi connectivity index (χ4v) is 15.3. The third-order valence-electron chi connectivity index (χ3n) is 20.7. The first-order valence-corrected chi connectivity index (χ1v) is 44.5. The molecule has 1 rings (SSSR count). The molecule has 1 aliphatic heterocycles. The van der Waals surface area contributed by atoms with Gasteiger partial charge < -0.3 is 64.4 Å². The summed E-state index contributed by atoms with van der Waals surface area (Å²) < 4.78 is 44.5. The van der Waals surface area contributed by atoms with Crippen molar-refractivity contribution >= 4 is 91.7 Å². The van der Waals surface area contributed by atoms with E-state index in [4.69, 9.17) is 13.0 Å². The van der Waals surface area contributed by atoms with Gasteiger partial charge in [-0.2, -0.15) is 8.42 Å². The lowest BCUT2D eigenvalue weighted by Crippen LogP contribution is -2.66. The number of carbonyl (C=O) groups is 11. The van der Waals surface area contributed by atoms with Crippen LogP contribution in [0.15, 0.2) is 0 Å². The summed E-state index contributed by atoms with van der Waals surface area (Å²) in [5, 5.41) is 10.3. The van der Waals surface area contributed by atoms with Crippen molar-refractivity contribution in [3.63, 3.8) is 0 Å². The van der Waals surface area contributed by atoms with Crippen molar-refractivity contribution in [1.82, 2.24) is 55.6 Å². The number of likely N-dealkylation sites (N-methyl/N-ethyl adjacent to an activating group) is 7. The minimum atomic E-state index is -3.98. The zero-order chi connectivity index (χ0) is 80.8. The number of nitrogens with zero attached hydrogens (tertiary/aromatic N) is 7. The summed E-state index contributed by atoms with van der Waals surface area (Å²) in [4.78, 5) is 175. The second-order valence-corrected chi connectivity index (χ2v) is 45.7. The average molecular weight is 1520 g/mol. The van der Waals surface area contributed by atoms with Crippen molar-refractivity contribution in [3.05, 3.63) is 0 Å². The summed E-state index contributed by atoms with van der Waals surface area (Å²) in [6.07, 6.45) is -1.04. The molecule has 0 aromatic carbocycles. The lowest BCUT2D eigenvalue weighted by molar-refractivity contribution is -0.157. The van der Waals surface area contributed by atoms with E-state index in [0.29, 0.717) is 0 Å². The van der Waals surface area contributed by atoms with Gasteiger partial charge in [0.05, 0.1) is 31.6 Å². The highest BCUT2D eigenvalue weighted by Crippen LogP contribution is 2.41. The minimum Gasteiger partial charge on any atom is -0.412 e. The molecule has 103 heavy (non-hydrogen) atoms. The quantitative estimate of drug-likeness (QED) is 0.0686. The van der Waals surface area contributed by atoms with Gasteiger partial charge in [0.25, 0.3) is 10.1 Å². The highest BCUT2D eigenvalue weighted by Gasteiger charge is 2.51. The molecule has 0 spiro atoms. The van der Waals surface area contributed by atoms with E-state index >= 15 is 24.0 Å². The highest BCUT2D eigenvalue weighted by molar-refractivity contribution is 7.86. The Morgan fingerprint density at radius 3 is 1.24 bits per heavy atom. The smallest absolute Gasteiger partial charge is 0.264 e. The topological polar surface area (TPSA) is 320 Å². The van der Waals surface area contributed by atoms with Crippen LogP contribution in [0.2, 0.25) is 36.3 Å². The van der Waals surface area contributed by atoms with Crippen LogP contribution < -0.4 is 21.3 Å². The van der Waals surface area contributed by atoms with Crippen molar-refractivity contribution in [2.45, 2.75) is 293 Å². The predicted molar refractivity (Wildman–Crippen MR) is 408 cm³/mol. The van der Waals surface area contributed by atoms with Crippen molar-refractivity contribution in [1.29, 1.82) is 0 Å². The zero-order valence-corrected chi connectivity index (χ0v) is 72.3. The fourth-order valence-electron chi connectivity index (χ4n) is 12.1. The summed E-state index contributed by atoms with van der Waals surface area (Å²) in [6.45, 7) is 46.9. The van der Waals surface area contributed by atoms with Crippen LogP contribution in [-0.4, -0.2) is 266 Å². The molecular weight excluding hydrogens is 1380 g/mol. The van der Waals surface area contributed by atoms with E-state index in [1.807, 2.05) is 123 Å². The second-order valence-electron chi connectivity index (χ2n) is 34.6. The van der Waals surface area contributed by atoms with Gasteiger partial charge in [0.15, 0.2) is 16.6 Å². The van der Waals surface area contributed by atoms with Gasteiger partial charge in [-0.1, -0.05) is 132 Å². The van der Waals surface area contributed by atoms with E-state index in [-0.39, 0.29) is 62.4 Å². The molecule has 0 radical (unpaired) electrons. The monoisotopic (exact) mass is 1510 g/mol. The van der Waals surface area contributed by atoms with Gasteiger partial charge in [0.1, 0.15) is 60.4 Å². The minimum absolute atomic E-state index is 0.0169. The van der Waals surface area contributed by atoms with Crippen LogP contribution in [0.5, 0.6) is 0 Å². The Balaban J connectivity index is 4.90. The number of carbonyl (C=O) groups excluding carboxylic acids is 11. The van der Waals surface area contributed by atoms with Crippen molar-refractivity contribution in [3.8, 4) is 0 Å². The van der Waals surface area contributed by atoms with Crippen LogP contribution in [-0.2, 0) is 75.9 Å². The summed E-state index contributed by atoms with van der Waals surface area (Å²) in [7, 11) is 0.0775. The molecule has 0 bridgehead atoms. The van der Waals surface area contributed by atoms with Crippen LogP contribution in [0.25, 0.3) is 0 Å². The molecule has 1 aliphatic rings. The van der Waals surface area contributed by atoms with Gasteiger partial charge in [-0.15, -0.1) is 0 Å². The maximum atomic E-state index is 16.3. The molecule has 0 aromatic rings. The van der Waals surface area contributed by atoms with Gasteiger partial charge in [-0.3, -0.25) is 56.9 Å². The number of rotatable bonds is 21. The number of nitrogens with one attached hydrogen (secondary N) is 4. The lowest BCUT2D eigenvalue weighted by Gasteiger charge is -2.46. The molecule has 0 aromatic heterocycles. The Morgan fingerprint density at radius 1 is 0.437 bits per heavy atom. The first-order valence-electron chi connectivity index (χ1n) is 36.9. The van der Waals surface area contributed by atoms with E-state index in [0.717, 1.165) is 11.2 Å². The molecule has 13 atom stereocenters. The molecule has 4 N–H and O–H groups in total. The molecule has 0 aliphatic carbocycles. The van der Waals surface area contributed by atoms with Gasteiger partial charge in [0.2, 0.25) is 65.0 Å². The Bertz CT molecular complexity index is 3030. The average Bonchev–Trinajstić information content (AvgIpc) is 0.782. The molecule has 0 saturated carbocycles. The summed E-state index contributed by atoms with van der Waals surface area (Å²) in [5.74, 6) is -10.6. The fraction of sp³-hybridized carbons (Fsp3) is 0.849. The second kappa shape index (κ2) is 39.3. The maximum absolute atomic E-state index is 16.3. The molecule has 596 valence electrons. The summed E-state index contributed by atoms with van der Waals surface area (Å²) in [5.41, 5.74) is 0. The van der Waals surface area contributed by atoms with E-state index in [9.17, 15) is 37.2 Å². The Hall–Kier alpha value is -5.57. The molecule has 11 amide bonds. The molecule has 1 heterocycles. The Kier molecular flexibility index (Phi) is 36.4. The first kappa shape index (κ1) is 95.4. The Morgan fingerprint density at radius 2 is 0.816 bits per heavy atom. The van der Waals surface area contributed by atoms with Crippen LogP contribution in [0.1, 0.15) is 184 Å². The van der Waals surface area contributed by atoms with Gasteiger partial charge in [-0.25, -0.2) is 0 Å². The van der Waals surface area contributed by atoms with Crippen molar-refractivity contribution in [2.75, 3.05) is 68.7 Å². The highest BCUT2D eigenvalue weighted by atomic mass is 32.2. The predicted octanol–water partition coefficient (Wildman–Crippen LogP) is 6.70. The van der Waals surface area contributed by atoms with Crippen molar-refractivity contribution in [2.24, 2.45) is 41.4 Å². The summed E-state index contributed by atoms with van der Waals surface area (Å²) >= 11 is 0. The maximum Gasteiger partial charge on any atom is 0.264 e. The van der Waals surface area contributed by atoms with Crippen molar-refractivity contribution < 1.29 is 74.2 Å². The molecule has 1 unspecified atom stereocenters. The first-order chi connectivity index (χ1) is 46.6. The lowest BCUT2D eigenvalue weighted by atomic mass is 9.91. The molecular formula is C73H139N11O16SSi2. The van der Waals surface area contributed by atoms with Crippen LogP contribution in [0.4, 0.5) is 0 Å². The van der Waals surface area contributed by atoms with Gasteiger partial charge in [0, 0.05) is 49.3 Å². The third kappa shape index (κ3) is 27.3. The number of hydrogen-bond acceptors (Lipinski definition) is 16. The standard InChI is InChI=1S/C73H139N11O16SSi2/c1-42(2)37-52-64(88)76-57(46(9)10)70(94)80(25)53(38-43(3)4)63(87)74-49(14)62(86)75-50(15)66(90)81(26)54(39-44(5)6)67(91)82(27)55(40-45(7)8)68(92)83(28)59(47(11)12)71(95)84(29)60(61(100-103(33,34)73(20,21)22)48(13)35-36-98-101(30,96)97)65(89)77-58(51(16)99-102(31,32)72(17,18)19)69(93)78(23)41-56(85)79(52)24/h42-55,57-61H,35-41H2,1-34H3,(H,74,87)(H,75,86)(H,76,88)(H,77,89)/t48-,49+,50-,51?,52+,53+,54+,55+,57+,58+,59+,60+,61-/m1/s1. The molecule has 27 nitrogen and oxygen atoms in total. The van der Waals surface area contributed by atoms with E-state index in [2.05, 4.69) is 21.3 Å². The van der Waals surface area contributed by atoms with Crippen LogP contribution in [0.3, 0.4) is 0 Å².